The topological polar surface area (TPSA) is 91.5 Å². The van der Waals surface area contributed by atoms with E-state index in [9.17, 15) is 9.59 Å². The molecule has 6 nitrogen and oxygen atoms in total. The number of aromatic nitrogens is 4. The number of benzene rings is 1. The predicted molar refractivity (Wildman–Crippen MR) is 73.3 cm³/mol. The van der Waals surface area contributed by atoms with Crippen molar-refractivity contribution in [2.45, 2.75) is 0 Å². The zero-order chi connectivity index (χ0) is 13.7. The molecule has 0 aliphatic rings. The highest BCUT2D eigenvalue weighted by Gasteiger charge is 2.15. The van der Waals surface area contributed by atoms with Crippen LogP contribution >= 0.6 is 34.8 Å². The van der Waals surface area contributed by atoms with E-state index in [4.69, 9.17) is 34.8 Å². The fraction of sp³-hybridized carbons (Fsp3) is 0. The van der Waals surface area contributed by atoms with Crippen LogP contribution < -0.4 is 11.1 Å². The number of fused-ring (bicyclic) bond motifs is 2. The third-order valence-electron chi connectivity index (χ3n) is 2.52. The van der Waals surface area contributed by atoms with E-state index in [1.807, 2.05) is 0 Å². The van der Waals surface area contributed by atoms with Gasteiger partial charge in [0.2, 0.25) is 0 Å². The van der Waals surface area contributed by atoms with Crippen LogP contribution in [0.25, 0.3) is 22.1 Å². The summed E-state index contributed by atoms with van der Waals surface area (Å²) in [6.07, 6.45) is 0. The molecule has 2 N–H and O–H groups in total. The molecule has 3 rings (SSSR count). The van der Waals surface area contributed by atoms with Gasteiger partial charge < -0.3 is 0 Å². The van der Waals surface area contributed by atoms with Crippen LogP contribution in [0.1, 0.15) is 0 Å². The minimum absolute atomic E-state index is 0.0817. The van der Waals surface area contributed by atoms with Crippen LogP contribution in [0.4, 0.5) is 0 Å². The van der Waals surface area contributed by atoms with E-state index in [2.05, 4.69) is 20.2 Å². The Morgan fingerprint density at radius 3 is 2.05 bits per heavy atom. The number of nitrogens with zero attached hydrogens (tertiary/aromatic N) is 2. The largest absolute Gasteiger partial charge is 0.290 e. The van der Waals surface area contributed by atoms with Crippen molar-refractivity contribution in [2.75, 3.05) is 0 Å². The maximum Gasteiger partial charge on any atom is 0.290 e. The lowest BCUT2D eigenvalue weighted by Gasteiger charge is -2.04. The Balaban J connectivity index is 2.64. The molecule has 3 aromatic rings. The van der Waals surface area contributed by atoms with Crippen molar-refractivity contribution in [3.05, 3.63) is 41.8 Å². The van der Waals surface area contributed by atoms with Crippen LogP contribution in [-0.4, -0.2) is 20.2 Å². The summed E-state index contributed by atoms with van der Waals surface area (Å²) in [6, 6.07) is 1.43. The van der Waals surface area contributed by atoms with Gasteiger partial charge in [0.1, 0.15) is 5.52 Å². The number of halogens is 3. The fourth-order valence-electron chi connectivity index (χ4n) is 1.65. The first kappa shape index (κ1) is 12.4. The molecule has 0 aliphatic carbocycles. The quantitative estimate of drug-likeness (QED) is 0.491. The molecule has 96 valence electrons. The normalized spacial score (nSPS) is 11.3. The van der Waals surface area contributed by atoms with Gasteiger partial charge in [0.05, 0.1) is 20.6 Å². The van der Waals surface area contributed by atoms with E-state index >= 15 is 0 Å². The Bertz CT molecular complexity index is 947. The molecule has 9 heteroatoms. The van der Waals surface area contributed by atoms with Gasteiger partial charge in [0, 0.05) is 0 Å². The number of rotatable bonds is 0. The Labute approximate surface area is 119 Å². The minimum atomic E-state index is -0.578. The van der Waals surface area contributed by atoms with Crippen molar-refractivity contribution in [1.29, 1.82) is 0 Å². The highest BCUT2D eigenvalue weighted by atomic mass is 35.5. The molecule has 0 saturated heterocycles. The zero-order valence-corrected chi connectivity index (χ0v) is 11.2. The number of nitrogens with one attached hydrogen (secondary N) is 2. The van der Waals surface area contributed by atoms with Crippen molar-refractivity contribution >= 4 is 56.9 Å². The average molecular weight is 318 g/mol. The van der Waals surface area contributed by atoms with Crippen molar-refractivity contribution in [3.63, 3.8) is 0 Å². The summed E-state index contributed by atoms with van der Waals surface area (Å²) in [5.74, 6) is 0. The molecule has 0 amide bonds. The molecular formula is C10H3Cl3N4O2. The smallest absolute Gasteiger partial charge is 0.266 e. The predicted octanol–water partition coefficient (Wildman–Crippen LogP) is 2.12. The summed E-state index contributed by atoms with van der Waals surface area (Å²) in [7, 11) is 0. The average Bonchev–Trinajstić information content (AvgIpc) is 2.39. The van der Waals surface area contributed by atoms with Gasteiger partial charge in [-0.2, -0.15) is 0 Å². The first-order chi connectivity index (χ1) is 8.99. The van der Waals surface area contributed by atoms with Crippen molar-refractivity contribution < 1.29 is 0 Å². The van der Waals surface area contributed by atoms with Gasteiger partial charge in [-0.25, -0.2) is 9.97 Å². The molecule has 0 saturated carbocycles. The second kappa shape index (κ2) is 4.19. The van der Waals surface area contributed by atoms with Crippen molar-refractivity contribution in [2.24, 2.45) is 0 Å². The van der Waals surface area contributed by atoms with E-state index in [1.54, 1.807) is 0 Å². The lowest BCUT2D eigenvalue weighted by molar-refractivity contribution is 0.965. The van der Waals surface area contributed by atoms with E-state index in [0.717, 1.165) is 0 Å². The summed E-state index contributed by atoms with van der Waals surface area (Å²) < 4.78 is 0. The number of hydrogen-bond donors (Lipinski definition) is 2. The number of hydrogen-bond acceptors (Lipinski definition) is 4. The first-order valence-corrected chi connectivity index (χ1v) is 6.08. The molecule has 0 bridgehead atoms. The van der Waals surface area contributed by atoms with Crippen LogP contribution in [0.2, 0.25) is 15.1 Å². The third kappa shape index (κ3) is 1.80. The Morgan fingerprint density at radius 1 is 0.842 bits per heavy atom. The molecule has 0 fully saturated rings. The van der Waals surface area contributed by atoms with E-state index in [0.29, 0.717) is 0 Å². The molecule has 0 unspecified atom stereocenters. The number of H-pyrrole nitrogens is 2. The lowest BCUT2D eigenvalue weighted by Crippen LogP contribution is -2.21. The highest BCUT2D eigenvalue weighted by molar-refractivity contribution is 6.50. The minimum Gasteiger partial charge on any atom is -0.266 e. The van der Waals surface area contributed by atoms with Gasteiger partial charge in [0.25, 0.3) is 11.1 Å². The van der Waals surface area contributed by atoms with E-state index < -0.39 is 11.1 Å². The molecule has 0 atom stereocenters. The van der Waals surface area contributed by atoms with Crippen LogP contribution in [0.15, 0.2) is 15.7 Å². The SMILES string of the molecule is O=c1[nH][nH]c(=O)c2nc3c(Cl)c(Cl)c(Cl)cc3nc12. The summed E-state index contributed by atoms with van der Waals surface area (Å²) >= 11 is 17.8. The van der Waals surface area contributed by atoms with Gasteiger partial charge >= 0.3 is 0 Å². The third-order valence-corrected chi connectivity index (χ3v) is 3.77. The van der Waals surface area contributed by atoms with Gasteiger partial charge in [-0.15, -0.1) is 0 Å². The van der Waals surface area contributed by atoms with Crippen LogP contribution in [-0.2, 0) is 0 Å². The molecule has 2 aromatic heterocycles. The van der Waals surface area contributed by atoms with E-state index in [-0.39, 0.29) is 37.1 Å². The molecule has 2 heterocycles. The monoisotopic (exact) mass is 316 g/mol. The zero-order valence-electron chi connectivity index (χ0n) is 8.92. The molecule has 1 aromatic carbocycles. The summed E-state index contributed by atoms with van der Waals surface area (Å²) in [5, 5.41) is 4.70. The van der Waals surface area contributed by atoms with Crippen LogP contribution in [0, 0.1) is 0 Å². The summed E-state index contributed by atoms with van der Waals surface area (Å²) in [6.45, 7) is 0. The lowest BCUT2D eigenvalue weighted by atomic mass is 10.3. The molecule has 0 aliphatic heterocycles. The van der Waals surface area contributed by atoms with Crippen LogP contribution in [0.5, 0.6) is 0 Å². The summed E-state index contributed by atoms with van der Waals surface area (Å²) in [4.78, 5) is 31.3. The van der Waals surface area contributed by atoms with Gasteiger partial charge in [-0.05, 0) is 6.07 Å². The van der Waals surface area contributed by atoms with Crippen molar-refractivity contribution in [3.8, 4) is 0 Å². The van der Waals surface area contributed by atoms with Gasteiger partial charge in [0.15, 0.2) is 11.0 Å². The van der Waals surface area contributed by atoms with Gasteiger partial charge in [-0.1, -0.05) is 34.8 Å². The summed E-state index contributed by atoms with van der Waals surface area (Å²) in [5.41, 5.74) is -0.859. The Morgan fingerprint density at radius 2 is 1.42 bits per heavy atom. The van der Waals surface area contributed by atoms with E-state index in [1.165, 1.54) is 6.07 Å². The fourth-order valence-corrected chi connectivity index (χ4v) is 2.28. The maximum atomic E-state index is 11.6. The first-order valence-electron chi connectivity index (χ1n) is 4.95. The highest BCUT2D eigenvalue weighted by Crippen LogP contribution is 2.35. The van der Waals surface area contributed by atoms with Crippen LogP contribution in [0.3, 0.4) is 0 Å². The molecule has 0 radical (unpaired) electrons. The van der Waals surface area contributed by atoms with Crippen molar-refractivity contribution in [1.82, 2.24) is 20.2 Å². The Hall–Kier alpha value is -1.63. The van der Waals surface area contributed by atoms with Gasteiger partial charge in [-0.3, -0.25) is 19.8 Å². The second-order valence-electron chi connectivity index (χ2n) is 3.68. The molecular weight excluding hydrogens is 314 g/mol. The molecule has 19 heavy (non-hydrogen) atoms. The number of aromatic amines is 2. The maximum absolute atomic E-state index is 11.6. The second-order valence-corrected chi connectivity index (χ2v) is 4.85. The standard InChI is InChI=1S/C10H3Cl3N4O2/c11-2-1-3-6(5(13)4(2)12)15-8-7(14-3)9(18)16-17-10(8)19/h1H,(H,16,18)(H,17,19). The Kier molecular flexibility index (Phi) is 2.74. The molecule has 0 spiro atoms.